The highest BCUT2D eigenvalue weighted by molar-refractivity contribution is 5.96. The molecule has 3 amide bonds. The van der Waals surface area contributed by atoms with Crippen LogP contribution in [0.15, 0.2) is 18.2 Å². The lowest BCUT2D eigenvalue weighted by Gasteiger charge is -2.30. The van der Waals surface area contributed by atoms with Crippen molar-refractivity contribution in [1.82, 2.24) is 10.6 Å². The Morgan fingerprint density at radius 2 is 1.88 bits per heavy atom. The van der Waals surface area contributed by atoms with Crippen molar-refractivity contribution in [2.75, 3.05) is 11.4 Å². The second kappa shape index (κ2) is 7.46. The van der Waals surface area contributed by atoms with Gasteiger partial charge in [-0.25, -0.2) is 4.79 Å². The van der Waals surface area contributed by atoms with Crippen molar-refractivity contribution >= 4 is 17.6 Å². The zero-order valence-corrected chi connectivity index (χ0v) is 15.5. The van der Waals surface area contributed by atoms with Crippen LogP contribution in [-0.2, 0) is 4.79 Å². The summed E-state index contributed by atoms with van der Waals surface area (Å²) < 4.78 is 0. The van der Waals surface area contributed by atoms with E-state index in [0.717, 1.165) is 12.1 Å². The van der Waals surface area contributed by atoms with Crippen LogP contribution < -0.4 is 15.5 Å². The standard InChI is InChI=1S/C20H29N3O2/c1-13-8-9-17(10-15(13)3)23-12-16(11-19(23)24)21-20(25)22-18-7-5-4-6-14(18)2/h8-10,14,16,18H,4-7,11-12H2,1-3H3,(H2,21,22,25)/t14-,16-,18+/m0/s1. The molecule has 0 unspecified atom stereocenters. The van der Waals surface area contributed by atoms with Crippen LogP contribution >= 0.6 is 0 Å². The molecule has 3 rings (SSSR count). The fourth-order valence-corrected chi connectivity index (χ4v) is 3.87. The van der Waals surface area contributed by atoms with E-state index in [1.165, 1.54) is 30.4 Å². The summed E-state index contributed by atoms with van der Waals surface area (Å²) in [5.74, 6) is 0.594. The molecular formula is C20H29N3O2. The van der Waals surface area contributed by atoms with E-state index < -0.39 is 0 Å². The molecule has 1 aliphatic carbocycles. The summed E-state index contributed by atoms with van der Waals surface area (Å²) in [4.78, 5) is 26.4. The van der Waals surface area contributed by atoms with Crippen molar-refractivity contribution in [2.45, 2.75) is 65.0 Å². The number of amides is 3. The number of carbonyl (C=O) groups is 2. The number of anilines is 1. The molecule has 0 radical (unpaired) electrons. The first-order valence-corrected chi connectivity index (χ1v) is 9.38. The third-order valence-corrected chi connectivity index (χ3v) is 5.69. The van der Waals surface area contributed by atoms with Crippen molar-refractivity contribution < 1.29 is 9.59 Å². The molecule has 5 nitrogen and oxygen atoms in total. The predicted octanol–water partition coefficient (Wildman–Crippen LogP) is 3.29. The van der Waals surface area contributed by atoms with E-state index >= 15 is 0 Å². The maximum Gasteiger partial charge on any atom is 0.315 e. The third kappa shape index (κ3) is 4.14. The molecule has 0 aromatic heterocycles. The SMILES string of the molecule is Cc1ccc(N2C[C@@H](NC(=O)N[C@@H]3CCCC[C@@H]3C)CC2=O)cc1C. The minimum atomic E-state index is -0.140. The number of carbonyl (C=O) groups excluding carboxylic acids is 2. The Bertz CT molecular complexity index is 658. The lowest BCUT2D eigenvalue weighted by Crippen LogP contribution is -2.49. The summed E-state index contributed by atoms with van der Waals surface area (Å²) in [5, 5.41) is 6.09. The van der Waals surface area contributed by atoms with Crippen LogP contribution in [0.3, 0.4) is 0 Å². The van der Waals surface area contributed by atoms with Crippen LogP contribution in [0.25, 0.3) is 0 Å². The number of hydrogen-bond donors (Lipinski definition) is 2. The molecule has 0 spiro atoms. The molecule has 0 bridgehead atoms. The molecular weight excluding hydrogens is 314 g/mol. The van der Waals surface area contributed by atoms with Gasteiger partial charge in [0, 0.05) is 24.7 Å². The van der Waals surface area contributed by atoms with Crippen molar-refractivity contribution in [1.29, 1.82) is 0 Å². The van der Waals surface area contributed by atoms with Gasteiger partial charge in [0.05, 0.1) is 6.04 Å². The van der Waals surface area contributed by atoms with Crippen LogP contribution in [0.4, 0.5) is 10.5 Å². The summed E-state index contributed by atoms with van der Waals surface area (Å²) in [5.41, 5.74) is 3.30. The summed E-state index contributed by atoms with van der Waals surface area (Å²) in [6.07, 6.45) is 5.02. The Labute approximate surface area is 150 Å². The summed E-state index contributed by atoms with van der Waals surface area (Å²) in [7, 11) is 0. The minimum Gasteiger partial charge on any atom is -0.335 e. The summed E-state index contributed by atoms with van der Waals surface area (Å²) >= 11 is 0. The Morgan fingerprint density at radius 3 is 2.60 bits per heavy atom. The average molecular weight is 343 g/mol. The van der Waals surface area contributed by atoms with E-state index in [0.29, 0.717) is 18.9 Å². The van der Waals surface area contributed by atoms with Gasteiger partial charge in [0.15, 0.2) is 0 Å². The van der Waals surface area contributed by atoms with Gasteiger partial charge in [0.2, 0.25) is 5.91 Å². The number of hydrogen-bond acceptors (Lipinski definition) is 2. The van der Waals surface area contributed by atoms with Gasteiger partial charge < -0.3 is 15.5 Å². The van der Waals surface area contributed by atoms with E-state index in [-0.39, 0.29) is 24.0 Å². The molecule has 136 valence electrons. The highest BCUT2D eigenvalue weighted by atomic mass is 16.2. The van der Waals surface area contributed by atoms with E-state index in [1.807, 2.05) is 25.1 Å². The second-order valence-corrected chi connectivity index (χ2v) is 7.66. The van der Waals surface area contributed by atoms with E-state index in [4.69, 9.17) is 0 Å². The molecule has 1 aromatic carbocycles. The molecule has 2 N–H and O–H groups in total. The zero-order chi connectivity index (χ0) is 18.0. The van der Waals surface area contributed by atoms with Crippen molar-refractivity contribution in [2.24, 2.45) is 5.92 Å². The minimum absolute atomic E-state index is 0.0691. The average Bonchev–Trinajstić information content (AvgIpc) is 2.92. The first-order valence-electron chi connectivity index (χ1n) is 9.38. The normalized spacial score (nSPS) is 26.6. The van der Waals surface area contributed by atoms with Gasteiger partial charge in [0.1, 0.15) is 0 Å². The van der Waals surface area contributed by atoms with E-state index in [2.05, 4.69) is 24.5 Å². The number of nitrogens with zero attached hydrogens (tertiary/aromatic N) is 1. The molecule has 2 aliphatic rings. The van der Waals surface area contributed by atoms with Gasteiger partial charge in [-0.3, -0.25) is 4.79 Å². The molecule has 1 aromatic rings. The second-order valence-electron chi connectivity index (χ2n) is 7.66. The van der Waals surface area contributed by atoms with E-state index in [9.17, 15) is 9.59 Å². The molecule has 25 heavy (non-hydrogen) atoms. The van der Waals surface area contributed by atoms with Gasteiger partial charge in [-0.05, 0) is 55.9 Å². The molecule has 1 saturated carbocycles. The topological polar surface area (TPSA) is 61.4 Å². The first kappa shape index (κ1) is 17.8. The van der Waals surface area contributed by atoms with Crippen LogP contribution in [0.1, 0.15) is 50.2 Å². The molecule has 1 aliphatic heterocycles. The number of rotatable bonds is 3. The smallest absolute Gasteiger partial charge is 0.315 e. The summed E-state index contributed by atoms with van der Waals surface area (Å²) in [6.45, 7) is 6.85. The lowest BCUT2D eigenvalue weighted by molar-refractivity contribution is -0.117. The summed E-state index contributed by atoms with van der Waals surface area (Å²) in [6, 6.07) is 6.04. The number of urea groups is 1. The van der Waals surface area contributed by atoms with Crippen molar-refractivity contribution in [3.05, 3.63) is 29.3 Å². The fourth-order valence-electron chi connectivity index (χ4n) is 3.87. The highest BCUT2D eigenvalue weighted by Crippen LogP contribution is 2.25. The maximum absolute atomic E-state index is 12.4. The Morgan fingerprint density at radius 1 is 1.12 bits per heavy atom. The largest absolute Gasteiger partial charge is 0.335 e. The van der Waals surface area contributed by atoms with Gasteiger partial charge in [0.25, 0.3) is 0 Å². The fraction of sp³-hybridized carbons (Fsp3) is 0.600. The third-order valence-electron chi connectivity index (χ3n) is 5.69. The van der Waals surface area contributed by atoms with Crippen LogP contribution in [0.5, 0.6) is 0 Å². The molecule has 3 atom stereocenters. The van der Waals surface area contributed by atoms with Gasteiger partial charge >= 0.3 is 6.03 Å². The van der Waals surface area contributed by atoms with Crippen LogP contribution in [0, 0.1) is 19.8 Å². The monoisotopic (exact) mass is 343 g/mol. The molecule has 1 heterocycles. The highest BCUT2D eigenvalue weighted by Gasteiger charge is 2.32. The number of aryl methyl sites for hydroxylation is 2. The van der Waals surface area contributed by atoms with Crippen LogP contribution in [-0.4, -0.2) is 30.6 Å². The van der Waals surface area contributed by atoms with Gasteiger partial charge in [-0.1, -0.05) is 25.8 Å². The number of benzene rings is 1. The van der Waals surface area contributed by atoms with Crippen molar-refractivity contribution in [3.63, 3.8) is 0 Å². The first-order chi connectivity index (χ1) is 11.9. The Hall–Kier alpha value is -2.04. The zero-order valence-electron chi connectivity index (χ0n) is 15.5. The Kier molecular flexibility index (Phi) is 5.30. The Balaban J connectivity index is 1.56. The molecule has 1 saturated heterocycles. The van der Waals surface area contributed by atoms with Gasteiger partial charge in [-0.2, -0.15) is 0 Å². The predicted molar refractivity (Wildman–Crippen MR) is 99.8 cm³/mol. The maximum atomic E-state index is 12.4. The number of nitrogens with one attached hydrogen (secondary N) is 2. The van der Waals surface area contributed by atoms with Crippen molar-refractivity contribution in [3.8, 4) is 0 Å². The van der Waals surface area contributed by atoms with E-state index in [1.54, 1.807) is 4.90 Å². The lowest BCUT2D eigenvalue weighted by atomic mass is 9.86. The quantitative estimate of drug-likeness (QED) is 0.885. The molecule has 2 fully saturated rings. The molecule has 5 heteroatoms. The van der Waals surface area contributed by atoms with Gasteiger partial charge in [-0.15, -0.1) is 0 Å². The van der Waals surface area contributed by atoms with Crippen LogP contribution in [0.2, 0.25) is 0 Å².